The van der Waals surface area contributed by atoms with Gasteiger partial charge in [0.05, 0.1) is 6.61 Å². The molecule has 0 spiro atoms. The van der Waals surface area contributed by atoms with Crippen LogP contribution in [0.3, 0.4) is 0 Å². The van der Waals surface area contributed by atoms with E-state index in [-0.39, 0.29) is 0 Å². The second-order valence-electron chi connectivity index (χ2n) is 4.38. The number of alkyl carbamates (subject to hydrolysis) is 1. The lowest BCUT2D eigenvalue weighted by atomic mass is 10.0. The minimum atomic E-state index is -0.897. The monoisotopic (exact) mass is 242 g/mol. The Morgan fingerprint density at radius 3 is 2.53 bits per heavy atom. The number of nitrogens with one attached hydrogen (secondary N) is 1. The van der Waals surface area contributed by atoms with Gasteiger partial charge in [0.15, 0.2) is 0 Å². The maximum absolute atomic E-state index is 10.9. The third kappa shape index (κ3) is 10.8. The molecule has 5 nitrogen and oxygen atoms in total. The second-order valence-corrected chi connectivity index (χ2v) is 4.38. The number of rotatable bonds is 6. The van der Waals surface area contributed by atoms with Crippen LogP contribution in [0.4, 0.5) is 9.59 Å². The quantitative estimate of drug-likeness (QED) is 0.702. The van der Waals surface area contributed by atoms with Crippen molar-refractivity contribution in [2.24, 2.45) is 11.7 Å². The Morgan fingerprint density at radius 2 is 2.00 bits per heavy atom. The number of carbonyl (C=O) groups excluding carboxylic acids is 2. The van der Waals surface area contributed by atoms with Gasteiger partial charge in [0.1, 0.15) is 0 Å². The van der Waals surface area contributed by atoms with E-state index >= 15 is 0 Å². The molecule has 3 N–H and O–H groups in total. The fraction of sp³-hybridized carbons (Fsp3) is 0.667. The van der Waals surface area contributed by atoms with Gasteiger partial charge in [-0.05, 0) is 39.0 Å². The first kappa shape index (κ1) is 15.5. The van der Waals surface area contributed by atoms with Crippen LogP contribution >= 0.6 is 0 Å². The number of amides is 3. The molecule has 0 fully saturated rings. The zero-order valence-electron chi connectivity index (χ0n) is 10.8. The number of carbonyl (C=O) groups is 2. The molecule has 0 bridgehead atoms. The van der Waals surface area contributed by atoms with Crippen LogP contribution in [0, 0.1) is 5.92 Å². The van der Waals surface area contributed by atoms with Gasteiger partial charge in [-0.1, -0.05) is 18.6 Å². The zero-order chi connectivity index (χ0) is 13.3. The van der Waals surface area contributed by atoms with Crippen molar-refractivity contribution in [2.45, 2.75) is 40.0 Å². The highest BCUT2D eigenvalue weighted by Crippen LogP contribution is 2.11. The van der Waals surface area contributed by atoms with Crippen LogP contribution in [0.1, 0.15) is 40.0 Å². The zero-order valence-corrected chi connectivity index (χ0v) is 10.8. The SMILES string of the molecule is CC(C)=CCC[C@H](C)CCOC(=O)NC(N)=O. The number of hydrogen-bond acceptors (Lipinski definition) is 3. The number of urea groups is 1. The lowest BCUT2D eigenvalue weighted by Crippen LogP contribution is -2.35. The molecule has 0 saturated heterocycles. The summed E-state index contributed by atoms with van der Waals surface area (Å²) >= 11 is 0. The molecule has 0 rings (SSSR count). The molecule has 0 unspecified atom stereocenters. The average molecular weight is 242 g/mol. The third-order valence-electron chi connectivity index (χ3n) is 2.28. The molecule has 17 heavy (non-hydrogen) atoms. The average Bonchev–Trinajstić information content (AvgIpc) is 2.15. The molecular formula is C12H22N2O3. The normalized spacial score (nSPS) is 11.5. The summed E-state index contributed by atoms with van der Waals surface area (Å²) in [5.41, 5.74) is 6.08. The molecule has 0 saturated carbocycles. The third-order valence-corrected chi connectivity index (χ3v) is 2.28. The van der Waals surface area contributed by atoms with Crippen molar-refractivity contribution in [3.05, 3.63) is 11.6 Å². The van der Waals surface area contributed by atoms with E-state index in [2.05, 4.69) is 26.8 Å². The van der Waals surface area contributed by atoms with Gasteiger partial charge in [-0.3, -0.25) is 0 Å². The Balaban J connectivity index is 3.57. The summed E-state index contributed by atoms with van der Waals surface area (Å²) in [6.07, 6.45) is 4.29. The van der Waals surface area contributed by atoms with Crippen molar-refractivity contribution in [3.8, 4) is 0 Å². The number of ether oxygens (including phenoxy) is 1. The predicted molar refractivity (Wildman–Crippen MR) is 66.5 cm³/mol. The van der Waals surface area contributed by atoms with Gasteiger partial charge in [0.25, 0.3) is 0 Å². The molecule has 0 heterocycles. The van der Waals surface area contributed by atoms with E-state index in [1.807, 2.05) is 5.32 Å². The fourth-order valence-electron chi connectivity index (χ4n) is 1.29. The Labute approximate surface area is 102 Å². The molecule has 3 amide bonds. The smallest absolute Gasteiger partial charge is 0.415 e. The Bertz CT molecular complexity index is 283. The maximum Gasteiger partial charge on any atom is 0.415 e. The first-order chi connectivity index (χ1) is 7.91. The maximum atomic E-state index is 10.9. The Hall–Kier alpha value is -1.52. The van der Waals surface area contributed by atoms with E-state index in [4.69, 9.17) is 10.5 Å². The number of primary amides is 1. The van der Waals surface area contributed by atoms with Crippen LogP contribution in [-0.4, -0.2) is 18.7 Å². The second kappa shape index (κ2) is 8.61. The minimum Gasteiger partial charge on any atom is -0.449 e. The lowest BCUT2D eigenvalue weighted by Gasteiger charge is -2.10. The minimum absolute atomic E-state index is 0.301. The largest absolute Gasteiger partial charge is 0.449 e. The van der Waals surface area contributed by atoms with Crippen molar-refractivity contribution in [3.63, 3.8) is 0 Å². The number of nitrogens with two attached hydrogens (primary N) is 1. The van der Waals surface area contributed by atoms with Crippen LogP contribution in [0.25, 0.3) is 0 Å². The molecule has 0 radical (unpaired) electrons. The molecular weight excluding hydrogens is 220 g/mol. The summed E-state index contributed by atoms with van der Waals surface area (Å²) in [5, 5.41) is 1.84. The molecule has 5 heteroatoms. The first-order valence-electron chi connectivity index (χ1n) is 5.78. The van der Waals surface area contributed by atoms with Gasteiger partial charge in [-0.2, -0.15) is 0 Å². The van der Waals surface area contributed by atoms with Crippen molar-refractivity contribution >= 4 is 12.1 Å². The lowest BCUT2D eigenvalue weighted by molar-refractivity contribution is 0.141. The van der Waals surface area contributed by atoms with Gasteiger partial charge in [-0.25, -0.2) is 14.9 Å². The molecule has 1 atom stereocenters. The molecule has 98 valence electrons. The van der Waals surface area contributed by atoms with Crippen LogP contribution in [0.2, 0.25) is 0 Å². The summed E-state index contributed by atoms with van der Waals surface area (Å²) < 4.78 is 4.78. The van der Waals surface area contributed by atoms with Gasteiger partial charge < -0.3 is 10.5 Å². The van der Waals surface area contributed by atoms with Crippen LogP contribution in [-0.2, 0) is 4.74 Å². The fourth-order valence-corrected chi connectivity index (χ4v) is 1.29. The molecule has 0 aliphatic heterocycles. The number of imide groups is 1. The Kier molecular flexibility index (Phi) is 7.84. The predicted octanol–water partition coefficient (Wildman–Crippen LogP) is 2.56. The van der Waals surface area contributed by atoms with E-state index in [1.165, 1.54) is 5.57 Å². The van der Waals surface area contributed by atoms with Crippen LogP contribution < -0.4 is 11.1 Å². The van der Waals surface area contributed by atoms with E-state index in [9.17, 15) is 9.59 Å². The van der Waals surface area contributed by atoms with E-state index < -0.39 is 12.1 Å². The van der Waals surface area contributed by atoms with Gasteiger partial charge in [0.2, 0.25) is 0 Å². The molecule has 0 aliphatic rings. The summed E-state index contributed by atoms with van der Waals surface area (Å²) in [4.78, 5) is 21.2. The van der Waals surface area contributed by atoms with Gasteiger partial charge >= 0.3 is 12.1 Å². The number of hydrogen-bond donors (Lipinski definition) is 2. The first-order valence-corrected chi connectivity index (χ1v) is 5.78. The topological polar surface area (TPSA) is 81.4 Å². The van der Waals surface area contributed by atoms with E-state index in [0.29, 0.717) is 12.5 Å². The highest BCUT2D eigenvalue weighted by atomic mass is 16.5. The molecule has 0 aromatic carbocycles. The Morgan fingerprint density at radius 1 is 1.35 bits per heavy atom. The molecule has 0 aliphatic carbocycles. The van der Waals surface area contributed by atoms with Crippen molar-refractivity contribution in [1.29, 1.82) is 0 Å². The molecule has 0 aromatic heterocycles. The van der Waals surface area contributed by atoms with E-state index in [0.717, 1.165) is 19.3 Å². The highest BCUT2D eigenvalue weighted by Gasteiger charge is 2.06. The van der Waals surface area contributed by atoms with Crippen LogP contribution in [0.15, 0.2) is 11.6 Å². The van der Waals surface area contributed by atoms with Gasteiger partial charge in [-0.15, -0.1) is 0 Å². The van der Waals surface area contributed by atoms with Gasteiger partial charge in [0, 0.05) is 0 Å². The summed E-state index contributed by atoms with van der Waals surface area (Å²) in [5.74, 6) is 0.479. The van der Waals surface area contributed by atoms with Crippen LogP contribution in [0.5, 0.6) is 0 Å². The summed E-state index contributed by atoms with van der Waals surface area (Å²) in [7, 11) is 0. The van der Waals surface area contributed by atoms with Crippen molar-refractivity contribution < 1.29 is 14.3 Å². The van der Waals surface area contributed by atoms with Crippen molar-refractivity contribution in [1.82, 2.24) is 5.32 Å². The van der Waals surface area contributed by atoms with Crippen molar-refractivity contribution in [2.75, 3.05) is 6.61 Å². The van der Waals surface area contributed by atoms with E-state index in [1.54, 1.807) is 0 Å². The molecule has 0 aromatic rings. The highest BCUT2D eigenvalue weighted by molar-refractivity contribution is 5.89. The standard InChI is InChI=1S/C12H22N2O3/c1-9(2)5-4-6-10(3)7-8-17-12(16)14-11(13)15/h5,10H,4,6-8H2,1-3H3,(H3,13,14,15,16)/t10-/m0/s1. The summed E-state index contributed by atoms with van der Waals surface area (Å²) in [6.45, 7) is 6.55. The number of allylic oxidation sites excluding steroid dienone is 2. The summed E-state index contributed by atoms with van der Waals surface area (Å²) in [6, 6.07) is -0.897.